The van der Waals surface area contributed by atoms with Crippen molar-refractivity contribution in [3.8, 4) is 6.19 Å². The molecule has 0 aliphatic rings. The minimum Gasteiger partial charge on any atom is -0.355 e. The van der Waals surface area contributed by atoms with Gasteiger partial charge in [-0.3, -0.25) is 10.3 Å². The van der Waals surface area contributed by atoms with Gasteiger partial charge in [0, 0.05) is 30.8 Å². The fraction of sp³-hybridized carbons (Fsp3) is 0.467. The normalized spacial score (nSPS) is 11.3. The minimum absolute atomic E-state index is 0.494. The van der Waals surface area contributed by atoms with Crippen molar-refractivity contribution in [2.24, 2.45) is 4.99 Å². The number of aliphatic imine (C=N–C) groups is 1. The fourth-order valence-electron chi connectivity index (χ4n) is 2.18. The lowest BCUT2D eigenvalue weighted by atomic mass is 10.3. The van der Waals surface area contributed by atoms with Crippen molar-refractivity contribution < 1.29 is 0 Å². The Morgan fingerprint density at radius 3 is 2.96 bits per heavy atom. The summed E-state index contributed by atoms with van der Waals surface area (Å²) in [4.78, 5) is 15.8. The predicted octanol–water partition coefficient (Wildman–Crippen LogP) is 1.15. The van der Waals surface area contributed by atoms with E-state index in [0.29, 0.717) is 5.96 Å². The first kappa shape index (κ1) is 17.9. The Labute approximate surface area is 145 Å². The zero-order valence-corrected chi connectivity index (χ0v) is 14.9. The summed E-state index contributed by atoms with van der Waals surface area (Å²) in [5, 5.41) is 14.2. The highest BCUT2D eigenvalue weighted by atomic mass is 32.2. The van der Waals surface area contributed by atoms with Gasteiger partial charge >= 0.3 is 0 Å². The van der Waals surface area contributed by atoms with Gasteiger partial charge in [0.15, 0.2) is 6.19 Å². The number of hydrogen-bond donors (Lipinski definition) is 3. The molecule has 0 amide bonds. The third-order valence-electron chi connectivity index (χ3n) is 3.59. The third-order valence-corrected chi connectivity index (χ3v) is 4.56. The van der Waals surface area contributed by atoms with Crippen LogP contribution in [-0.2, 0) is 12.3 Å². The van der Waals surface area contributed by atoms with Gasteiger partial charge in [0.1, 0.15) is 0 Å². The molecular formula is C15H22N8S. The van der Waals surface area contributed by atoms with Crippen LogP contribution in [0.2, 0.25) is 0 Å². The zero-order chi connectivity index (χ0) is 17.4. The second-order valence-electron chi connectivity index (χ2n) is 5.17. The summed E-state index contributed by atoms with van der Waals surface area (Å²) in [6.07, 6.45) is 5.44. The summed E-state index contributed by atoms with van der Waals surface area (Å²) < 4.78 is 2.15. The van der Waals surface area contributed by atoms with E-state index in [9.17, 15) is 0 Å². The van der Waals surface area contributed by atoms with Crippen LogP contribution in [0.5, 0.6) is 0 Å². The Balaban J connectivity index is 1.84. The number of nitrogens with one attached hydrogen (secondary N) is 3. The largest absolute Gasteiger partial charge is 0.355 e. The second-order valence-corrected chi connectivity index (χ2v) is 6.27. The quantitative estimate of drug-likeness (QED) is 0.228. The maximum atomic E-state index is 8.58. The minimum atomic E-state index is 0.494. The molecule has 0 saturated carbocycles. The smallest absolute Gasteiger partial charge is 0.204 e. The second kappa shape index (κ2) is 8.98. The number of aryl methyl sites for hydroxylation is 2. The van der Waals surface area contributed by atoms with Crippen molar-refractivity contribution in [2.45, 2.75) is 26.1 Å². The van der Waals surface area contributed by atoms with Crippen LogP contribution in [0, 0.1) is 25.3 Å². The molecule has 2 aromatic rings. The first-order chi connectivity index (χ1) is 11.7. The third kappa shape index (κ3) is 4.76. The van der Waals surface area contributed by atoms with Crippen LogP contribution >= 0.6 is 11.8 Å². The number of aromatic nitrogens is 4. The topological polar surface area (TPSA) is 107 Å². The molecule has 2 aromatic heterocycles. The van der Waals surface area contributed by atoms with Crippen molar-refractivity contribution >= 4 is 17.7 Å². The highest BCUT2D eigenvalue weighted by Gasteiger charge is 2.10. The number of hydrogen-bond acceptors (Lipinski definition) is 5. The van der Waals surface area contributed by atoms with E-state index < -0.39 is 0 Å². The van der Waals surface area contributed by atoms with Crippen molar-refractivity contribution in [1.29, 1.82) is 5.26 Å². The summed E-state index contributed by atoms with van der Waals surface area (Å²) in [5.74, 6) is 2.27. The molecule has 0 spiro atoms. The first-order valence-corrected chi connectivity index (χ1v) is 8.74. The monoisotopic (exact) mass is 346 g/mol. The molecule has 2 heterocycles. The molecule has 8 nitrogen and oxygen atoms in total. The van der Waals surface area contributed by atoms with Crippen molar-refractivity contribution in [3.63, 3.8) is 0 Å². The molecule has 0 bridgehead atoms. The van der Waals surface area contributed by atoms with Crippen LogP contribution in [0.4, 0.5) is 0 Å². The Morgan fingerprint density at radius 1 is 1.46 bits per heavy atom. The summed E-state index contributed by atoms with van der Waals surface area (Å²) in [6, 6.07) is 0. The van der Waals surface area contributed by atoms with Crippen LogP contribution in [0.1, 0.15) is 22.8 Å². The lowest BCUT2D eigenvalue weighted by molar-refractivity contribution is 0.743. The van der Waals surface area contributed by atoms with E-state index in [1.165, 1.54) is 5.69 Å². The van der Waals surface area contributed by atoms with E-state index in [-0.39, 0.29) is 0 Å². The van der Waals surface area contributed by atoms with Gasteiger partial charge in [-0.15, -0.1) is 0 Å². The van der Waals surface area contributed by atoms with Crippen molar-refractivity contribution in [1.82, 2.24) is 30.2 Å². The molecule has 2 rings (SSSR count). The highest BCUT2D eigenvalue weighted by molar-refractivity contribution is 7.98. The van der Waals surface area contributed by atoms with E-state index in [1.54, 1.807) is 13.4 Å². The number of guanidine groups is 1. The van der Waals surface area contributed by atoms with Crippen LogP contribution in [0.3, 0.4) is 0 Å². The van der Waals surface area contributed by atoms with E-state index in [0.717, 1.165) is 41.7 Å². The maximum Gasteiger partial charge on any atom is 0.204 e. The fourth-order valence-corrected chi connectivity index (χ4v) is 3.14. The molecule has 0 radical (unpaired) electrons. The van der Waals surface area contributed by atoms with Gasteiger partial charge in [-0.2, -0.15) is 17.0 Å². The number of H-pyrrole nitrogens is 1. The first-order valence-electron chi connectivity index (χ1n) is 7.58. The molecule has 3 N–H and O–H groups in total. The highest BCUT2D eigenvalue weighted by Crippen LogP contribution is 2.17. The van der Waals surface area contributed by atoms with Gasteiger partial charge in [-0.25, -0.2) is 9.97 Å². The summed E-state index contributed by atoms with van der Waals surface area (Å²) in [6.45, 7) is 5.51. The van der Waals surface area contributed by atoms with E-state index in [4.69, 9.17) is 5.26 Å². The predicted molar refractivity (Wildman–Crippen MR) is 95.7 cm³/mol. The van der Waals surface area contributed by atoms with Gasteiger partial charge in [-0.1, -0.05) is 0 Å². The van der Waals surface area contributed by atoms with E-state index >= 15 is 0 Å². The number of imidazole rings is 2. The number of aromatic amines is 1. The molecule has 0 unspecified atom stereocenters. The molecule has 128 valence electrons. The van der Waals surface area contributed by atoms with E-state index in [2.05, 4.69) is 35.1 Å². The molecular weight excluding hydrogens is 324 g/mol. The molecule has 0 fully saturated rings. The average molecular weight is 346 g/mol. The van der Waals surface area contributed by atoms with Crippen LogP contribution in [0.15, 0.2) is 17.6 Å². The zero-order valence-electron chi connectivity index (χ0n) is 14.1. The number of nitrogens with zero attached hydrogens (tertiary/aromatic N) is 5. The lowest BCUT2D eigenvalue weighted by Crippen LogP contribution is -2.35. The number of thioether (sulfide) groups is 1. The Bertz CT molecular complexity index is 724. The van der Waals surface area contributed by atoms with Gasteiger partial charge < -0.3 is 14.9 Å². The number of rotatable bonds is 7. The van der Waals surface area contributed by atoms with Gasteiger partial charge in [0.2, 0.25) is 5.96 Å². The van der Waals surface area contributed by atoms with Gasteiger partial charge in [0.05, 0.1) is 36.3 Å². The van der Waals surface area contributed by atoms with E-state index in [1.807, 2.05) is 38.1 Å². The SMILES string of the molecule is CN=C(NC#N)NCCSCc1c(C)ncn1Cc1nc[nH]c1C. The summed E-state index contributed by atoms with van der Waals surface area (Å²) in [5.41, 5.74) is 4.37. The standard InChI is InChI=1S/C15H22N8S/c1-11-13(21-9-20-11)6-23-10-22-12(2)14(23)7-24-5-4-18-15(17-3)19-8-16/h9-10H,4-7H2,1-3H3,(H,20,21)(H2,17,18,19). The molecule has 0 aromatic carbocycles. The maximum absolute atomic E-state index is 8.58. The molecule has 0 aliphatic heterocycles. The molecule has 24 heavy (non-hydrogen) atoms. The van der Waals surface area contributed by atoms with Crippen LogP contribution in [-0.4, -0.2) is 44.8 Å². The molecule has 0 aliphatic carbocycles. The van der Waals surface area contributed by atoms with Crippen LogP contribution < -0.4 is 10.6 Å². The summed E-state index contributed by atoms with van der Waals surface area (Å²) >= 11 is 1.81. The van der Waals surface area contributed by atoms with Crippen molar-refractivity contribution in [3.05, 3.63) is 35.4 Å². The Hall–Kier alpha value is -2.47. The number of nitriles is 1. The molecule has 9 heteroatoms. The summed E-state index contributed by atoms with van der Waals surface area (Å²) in [7, 11) is 1.64. The molecule has 0 saturated heterocycles. The van der Waals surface area contributed by atoms with Gasteiger partial charge in [-0.05, 0) is 13.8 Å². The Kier molecular flexibility index (Phi) is 6.69. The van der Waals surface area contributed by atoms with Crippen LogP contribution in [0.25, 0.3) is 0 Å². The lowest BCUT2D eigenvalue weighted by Gasteiger charge is -2.09. The Morgan fingerprint density at radius 2 is 2.29 bits per heavy atom. The van der Waals surface area contributed by atoms with Crippen molar-refractivity contribution in [2.75, 3.05) is 19.3 Å². The average Bonchev–Trinajstić information content (AvgIpc) is 3.13. The van der Waals surface area contributed by atoms with Gasteiger partial charge in [0.25, 0.3) is 0 Å². The molecule has 0 atom stereocenters.